The number of ether oxygens (including phenoxy) is 1. The van der Waals surface area contributed by atoms with Crippen LogP contribution in [0.2, 0.25) is 0 Å². The molecule has 1 N–H and O–H groups in total. The number of piperazine rings is 1. The van der Waals surface area contributed by atoms with Crippen LogP contribution in [0.5, 0.6) is 5.75 Å². The Morgan fingerprint density at radius 1 is 1.05 bits per heavy atom. The summed E-state index contributed by atoms with van der Waals surface area (Å²) in [6.45, 7) is 8.44. The van der Waals surface area contributed by atoms with Crippen molar-refractivity contribution in [3.05, 3.63) is 42.0 Å². The summed E-state index contributed by atoms with van der Waals surface area (Å²) in [7, 11) is 0. The van der Waals surface area contributed by atoms with Crippen LogP contribution >= 0.6 is 0 Å². The van der Waals surface area contributed by atoms with E-state index >= 15 is 0 Å². The van der Waals surface area contributed by atoms with Crippen molar-refractivity contribution >= 4 is 10.8 Å². The van der Waals surface area contributed by atoms with Gasteiger partial charge in [0.05, 0.1) is 6.61 Å². The molecule has 2 aromatic rings. The number of fused-ring (bicyclic) bond motifs is 1. The lowest BCUT2D eigenvalue weighted by Gasteiger charge is -2.27. The van der Waals surface area contributed by atoms with E-state index in [1.165, 1.54) is 16.3 Å². The van der Waals surface area contributed by atoms with Crippen LogP contribution in [0.4, 0.5) is 0 Å². The molecule has 112 valence electrons. The Kier molecular flexibility index (Phi) is 4.73. The Labute approximate surface area is 126 Å². The first-order valence-corrected chi connectivity index (χ1v) is 7.95. The SMILES string of the molecule is CCOc1ccc(CCN2CCNCC2)c2ccccc12. The molecule has 0 bridgehead atoms. The molecule has 0 amide bonds. The zero-order valence-corrected chi connectivity index (χ0v) is 12.8. The molecular formula is C18H24N2O. The van der Waals surface area contributed by atoms with Crippen LogP contribution in [-0.2, 0) is 6.42 Å². The van der Waals surface area contributed by atoms with E-state index in [1.807, 2.05) is 6.92 Å². The average molecular weight is 284 g/mol. The second-order valence-electron chi connectivity index (χ2n) is 5.54. The molecule has 3 nitrogen and oxygen atoms in total. The number of rotatable bonds is 5. The molecule has 2 aromatic carbocycles. The van der Waals surface area contributed by atoms with E-state index in [4.69, 9.17) is 4.74 Å². The lowest BCUT2D eigenvalue weighted by atomic mass is 10.0. The van der Waals surface area contributed by atoms with Gasteiger partial charge in [0.2, 0.25) is 0 Å². The second-order valence-corrected chi connectivity index (χ2v) is 5.54. The minimum absolute atomic E-state index is 0.712. The number of benzene rings is 2. The Morgan fingerprint density at radius 2 is 1.81 bits per heavy atom. The van der Waals surface area contributed by atoms with Crippen molar-refractivity contribution in [2.75, 3.05) is 39.3 Å². The topological polar surface area (TPSA) is 24.5 Å². The minimum Gasteiger partial charge on any atom is -0.493 e. The molecule has 3 rings (SSSR count). The van der Waals surface area contributed by atoms with E-state index in [2.05, 4.69) is 46.6 Å². The number of hydrogen-bond acceptors (Lipinski definition) is 3. The van der Waals surface area contributed by atoms with Gasteiger partial charge < -0.3 is 15.0 Å². The van der Waals surface area contributed by atoms with Crippen LogP contribution < -0.4 is 10.1 Å². The third kappa shape index (κ3) is 3.36. The first-order valence-electron chi connectivity index (χ1n) is 7.95. The van der Waals surface area contributed by atoms with Gasteiger partial charge in [0.25, 0.3) is 0 Å². The fraction of sp³-hybridized carbons (Fsp3) is 0.444. The Hall–Kier alpha value is -1.58. The molecule has 1 aliphatic heterocycles. The number of nitrogens with one attached hydrogen (secondary N) is 1. The molecule has 3 heteroatoms. The van der Waals surface area contributed by atoms with Crippen LogP contribution in [0, 0.1) is 0 Å². The molecule has 21 heavy (non-hydrogen) atoms. The van der Waals surface area contributed by atoms with Crippen LogP contribution in [-0.4, -0.2) is 44.2 Å². The molecular weight excluding hydrogens is 260 g/mol. The summed E-state index contributed by atoms with van der Waals surface area (Å²) in [5, 5.41) is 5.97. The summed E-state index contributed by atoms with van der Waals surface area (Å²) in [5.74, 6) is 0.999. The van der Waals surface area contributed by atoms with Crippen molar-refractivity contribution in [3.8, 4) is 5.75 Å². The summed E-state index contributed by atoms with van der Waals surface area (Å²) in [5.41, 5.74) is 1.42. The lowest BCUT2D eigenvalue weighted by Crippen LogP contribution is -2.44. The molecule has 0 spiro atoms. The predicted molar refractivity (Wildman–Crippen MR) is 88.1 cm³/mol. The summed E-state index contributed by atoms with van der Waals surface area (Å²) in [6.07, 6.45) is 1.10. The Balaban J connectivity index is 1.80. The quantitative estimate of drug-likeness (QED) is 0.913. The largest absolute Gasteiger partial charge is 0.493 e. The molecule has 1 saturated heterocycles. The molecule has 0 unspecified atom stereocenters. The van der Waals surface area contributed by atoms with E-state index in [1.54, 1.807) is 0 Å². The summed E-state index contributed by atoms with van der Waals surface area (Å²) < 4.78 is 5.75. The normalized spacial score (nSPS) is 16.2. The molecule has 0 aromatic heterocycles. The van der Waals surface area contributed by atoms with Gasteiger partial charge in [-0.05, 0) is 30.4 Å². The van der Waals surface area contributed by atoms with Crippen molar-refractivity contribution in [1.82, 2.24) is 10.2 Å². The van der Waals surface area contributed by atoms with Gasteiger partial charge in [-0.1, -0.05) is 30.3 Å². The van der Waals surface area contributed by atoms with Gasteiger partial charge in [-0.15, -0.1) is 0 Å². The molecule has 0 radical (unpaired) electrons. The van der Waals surface area contributed by atoms with Gasteiger partial charge in [-0.25, -0.2) is 0 Å². The van der Waals surface area contributed by atoms with E-state index in [9.17, 15) is 0 Å². The molecule has 0 atom stereocenters. The number of hydrogen-bond donors (Lipinski definition) is 1. The summed E-state index contributed by atoms with van der Waals surface area (Å²) >= 11 is 0. The average Bonchev–Trinajstić information content (AvgIpc) is 2.55. The first kappa shape index (κ1) is 14.4. The Bertz CT molecular complexity index is 591. The second kappa shape index (κ2) is 6.92. The highest BCUT2D eigenvalue weighted by atomic mass is 16.5. The van der Waals surface area contributed by atoms with E-state index < -0.39 is 0 Å². The monoisotopic (exact) mass is 284 g/mol. The van der Waals surface area contributed by atoms with Crippen molar-refractivity contribution < 1.29 is 4.74 Å². The standard InChI is InChI=1S/C18H24N2O/c1-2-21-18-8-7-15(16-5-3-4-6-17(16)18)9-12-20-13-10-19-11-14-20/h3-8,19H,2,9-14H2,1H3. The van der Waals surface area contributed by atoms with Crippen LogP contribution in [0.3, 0.4) is 0 Å². The van der Waals surface area contributed by atoms with E-state index in [0.717, 1.165) is 44.9 Å². The van der Waals surface area contributed by atoms with Crippen LogP contribution in [0.15, 0.2) is 36.4 Å². The summed E-state index contributed by atoms with van der Waals surface area (Å²) in [4.78, 5) is 2.54. The summed E-state index contributed by atoms with van der Waals surface area (Å²) in [6, 6.07) is 12.9. The molecule has 1 aliphatic rings. The van der Waals surface area contributed by atoms with Crippen molar-refractivity contribution in [1.29, 1.82) is 0 Å². The van der Waals surface area contributed by atoms with Crippen LogP contribution in [0.1, 0.15) is 12.5 Å². The van der Waals surface area contributed by atoms with Gasteiger partial charge >= 0.3 is 0 Å². The van der Waals surface area contributed by atoms with Gasteiger partial charge in [0.1, 0.15) is 5.75 Å². The molecule has 1 heterocycles. The van der Waals surface area contributed by atoms with Crippen LogP contribution in [0.25, 0.3) is 10.8 Å². The molecule has 0 saturated carbocycles. The number of nitrogens with zero attached hydrogens (tertiary/aromatic N) is 1. The maximum atomic E-state index is 5.75. The zero-order valence-electron chi connectivity index (χ0n) is 12.8. The fourth-order valence-electron chi connectivity index (χ4n) is 3.05. The predicted octanol–water partition coefficient (Wildman–Crippen LogP) is 2.69. The van der Waals surface area contributed by atoms with E-state index in [0.29, 0.717) is 6.61 Å². The maximum absolute atomic E-state index is 5.75. The fourth-order valence-corrected chi connectivity index (χ4v) is 3.05. The van der Waals surface area contributed by atoms with Gasteiger partial charge in [0.15, 0.2) is 0 Å². The molecule has 1 fully saturated rings. The van der Waals surface area contributed by atoms with Crippen molar-refractivity contribution in [3.63, 3.8) is 0 Å². The lowest BCUT2D eigenvalue weighted by molar-refractivity contribution is 0.244. The third-order valence-electron chi connectivity index (χ3n) is 4.18. The van der Waals surface area contributed by atoms with E-state index in [-0.39, 0.29) is 0 Å². The zero-order chi connectivity index (χ0) is 14.5. The molecule has 0 aliphatic carbocycles. The Morgan fingerprint density at radius 3 is 2.57 bits per heavy atom. The van der Waals surface area contributed by atoms with Gasteiger partial charge in [0, 0.05) is 38.1 Å². The van der Waals surface area contributed by atoms with Crippen molar-refractivity contribution in [2.24, 2.45) is 0 Å². The highest BCUT2D eigenvalue weighted by molar-refractivity contribution is 5.91. The smallest absolute Gasteiger partial charge is 0.127 e. The van der Waals surface area contributed by atoms with Crippen molar-refractivity contribution in [2.45, 2.75) is 13.3 Å². The third-order valence-corrected chi connectivity index (χ3v) is 4.18. The highest BCUT2D eigenvalue weighted by Gasteiger charge is 2.11. The first-order chi connectivity index (χ1) is 10.4. The van der Waals surface area contributed by atoms with Gasteiger partial charge in [-0.3, -0.25) is 0 Å². The minimum atomic E-state index is 0.712. The highest BCUT2D eigenvalue weighted by Crippen LogP contribution is 2.29. The van der Waals surface area contributed by atoms with Gasteiger partial charge in [-0.2, -0.15) is 0 Å². The maximum Gasteiger partial charge on any atom is 0.127 e.